The van der Waals surface area contributed by atoms with Crippen LogP contribution in [0, 0.1) is 0 Å². The van der Waals surface area contributed by atoms with E-state index in [-0.39, 0.29) is 11.8 Å². The molecule has 1 atom stereocenters. The number of amides is 1. The number of carbonyl (C=O) groups excluding carboxylic acids is 1. The van der Waals surface area contributed by atoms with Gasteiger partial charge in [0.25, 0.3) is 0 Å². The molecule has 1 unspecified atom stereocenters. The topological polar surface area (TPSA) is 42.0 Å². The molecule has 13 heavy (non-hydrogen) atoms. The Bertz CT molecular complexity index is 310. The van der Waals surface area contributed by atoms with Crippen molar-refractivity contribution in [1.29, 1.82) is 0 Å². The van der Waals surface area contributed by atoms with E-state index in [2.05, 4.69) is 10.3 Å². The van der Waals surface area contributed by atoms with Crippen molar-refractivity contribution in [3.63, 3.8) is 0 Å². The molecule has 3 nitrogen and oxygen atoms in total. The van der Waals surface area contributed by atoms with E-state index in [1.165, 1.54) is 0 Å². The second kappa shape index (κ2) is 4.03. The van der Waals surface area contributed by atoms with Gasteiger partial charge in [-0.15, -0.1) is 0 Å². The summed E-state index contributed by atoms with van der Waals surface area (Å²) in [5, 5.41) is 2.70. The van der Waals surface area contributed by atoms with Gasteiger partial charge in [0.1, 0.15) is 5.82 Å². The van der Waals surface area contributed by atoms with Crippen molar-refractivity contribution in [3.05, 3.63) is 23.9 Å². The average molecular weight is 178 g/mol. The molecule has 0 saturated carbocycles. The lowest BCUT2D eigenvalue weighted by Gasteiger charge is -1.96. The third-order valence-corrected chi connectivity index (χ3v) is 1.94. The van der Waals surface area contributed by atoms with Crippen LogP contribution in [-0.4, -0.2) is 10.9 Å². The highest BCUT2D eigenvalue weighted by Crippen LogP contribution is 2.28. The SMILES string of the molecule is CC.CC1C(=O)Nc2ncccc21. The molecular weight excluding hydrogens is 164 g/mol. The van der Waals surface area contributed by atoms with Gasteiger partial charge in [-0.2, -0.15) is 0 Å². The van der Waals surface area contributed by atoms with Crippen molar-refractivity contribution in [3.8, 4) is 0 Å². The first-order valence-electron chi connectivity index (χ1n) is 4.55. The number of nitrogens with one attached hydrogen (secondary N) is 1. The van der Waals surface area contributed by atoms with Crippen molar-refractivity contribution < 1.29 is 4.79 Å². The molecule has 1 aromatic heterocycles. The van der Waals surface area contributed by atoms with Crippen LogP contribution in [0.4, 0.5) is 5.82 Å². The van der Waals surface area contributed by atoms with Crippen molar-refractivity contribution in [2.45, 2.75) is 26.7 Å². The quantitative estimate of drug-likeness (QED) is 0.661. The van der Waals surface area contributed by atoms with Crippen LogP contribution >= 0.6 is 0 Å². The van der Waals surface area contributed by atoms with Gasteiger partial charge >= 0.3 is 0 Å². The fourth-order valence-electron chi connectivity index (χ4n) is 1.24. The second-order valence-corrected chi connectivity index (χ2v) is 2.65. The predicted molar refractivity (Wildman–Crippen MR) is 52.6 cm³/mol. The minimum atomic E-state index is -0.0429. The summed E-state index contributed by atoms with van der Waals surface area (Å²) in [4.78, 5) is 15.1. The summed E-state index contributed by atoms with van der Waals surface area (Å²) in [6.07, 6.45) is 1.68. The summed E-state index contributed by atoms with van der Waals surface area (Å²) in [7, 11) is 0. The van der Waals surface area contributed by atoms with E-state index in [4.69, 9.17) is 0 Å². The molecule has 2 heterocycles. The number of pyridine rings is 1. The van der Waals surface area contributed by atoms with Crippen molar-refractivity contribution in [2.75, 3.05) is 5.32 Å². The molecule has 0 bridgehead atoms. The number of aromatic nitrogens is 1. The van der Waals surface area contributed by atoms with Crippen LogP contribution in [0.1, 0.15) is 32.3 Å². The van der Waals surface area contributed by atoms with Gasteiger partial charge in [0.2, 0.25) is 5.91 Å². The van der Waals surface area contributed by atoms with Gasteiger partial charge in [0.15, 0.2) is 0 Å². The average Bonchev–Trinajstić information content (AvgIpc) is 2.47. The third kappa shape index (κ3) is 1.69. The standard InChI is InChI=1S/C8H8N2O.C2H6/c1-5-6-3-2-4-9-7(6)10-8(5)11;1-2/h2-5H,1H3,(H,9,10,11);1-2H3. The van der Waals surface area contributed by atoms with Gasteiger partial charge in [-0.25, -0.2) is 4.98 Å². The van der Waals surface area contributed by atoms with Crippen molar-refractivity contribution >= 4 is 11.7 Å². The van der Waals surface area contributed by atoms with E-state index in [0.717, 1.165) is 5.56 Å². The number of hydrogen-bond donors (Lipinski definition) is 1. The van der Waals surface area contributed by atoms with Crippen molar-refractivity contribution in [2.24, 2.45) is 0 Å². The number of fused-ring (bicyclic) bond motifs is 1. The van der Waals surface area contributed by atoms with E-state index >= 15 is 0 Å². The second-order valence-electron chi connectivity index (χ2n) is 2.65. The number of carbonyl (C=O) groups is 1. The van der Waals surface area contributed by atoms with Gasteiger partial charge in [0, 0.05) is 11.8 Å². The zero-order valence-electron chi connectivity index (χ0n) is 8.16. The third-order valence-electron chi connectivity index (χ3n) is 1.94. The maximum atomic E-state index is 11.1. The zero-order chi connectivity index (χ0) is 9.84. The Morgan fingerprint density at radius 3 is 2.77 bits per heavy atom. The maximum absolute atomic E-state index is 11.1. The first-order valence-corrected chi connectivity index (χ1v) is 4.55. The lowest BCUT2D eigenvalue weighted by atomic mass is 10.1. The number of nitrogens with zero attached hydrogens (tertiary/aromatic N) is 1. The highest BCUT2D eigenvalue weighted by Gasteiger charge is 2.26. The van der Waals surface area contributed by atoms with Gasteiger partial charge in [-0.05, 0) is 13.0 Å². The Morgan fingerprint density at radius 1 is 1.46 bits per heavy atom. The van der Waals surface area contributed by atoms with Crippen LogP contribution in [-0.2, 0) is 4.79 Å². The fourth-order valence-corrected chi connectivity index (χ4v) is 1.24. The first kappa shape index (κ1) is 9.71. The molecule has 0 spiro atoms. The number of hydrogen-bond acceptors (Lipinski definition) is 2. The molecule has 1 aliphatic rings. The van der Waals surface area contributed by atoms with Gasteiger partial charge in [0.05, 0.1) is 5.92 Å². The summed E-state index contributed by atoms with van der Waals surface area (Å²) in [5.41, 5.74) is 0.998. The summed E-state index contributed by atoms with van der Waals surface area (Å²) in [6.45, 7) is 5.88. The smallest absolute Gasteiger partial charge is 0.232 e. The van der Waals surface area contributed by atoms with E-state index in [1.54, 1.807) is 6.20 Å². The minimum Gasteiger partial charge on any atom is -0.310 e. The first-order chi connectivity index (χ1) is 6.29. The fraction of sp³-hybridized carbons (Fsp3) is 0.400. The molecule has 0 radical (unpaired) electrons. The highest BCUT2D eigenvalue weighted by atomic mass is 16.2. The molecule has 1 aliphatic heterocycles. The van der Waals surface area contributed by atoms with E-state index in [9.17, 15) is 4.79 Å². The lowest BCUT2D eigenvalue weighted by molar-refractivity contribution is -0.116. The van der Waals surface area contributed by atoms with Gasteiger partial charge < -0.3 is 5.32 Å². The molecule has 2 rings (SSSR count). The molecule has 1 aromatic rings. The molecular formula is C10H14N2O. The van der Waals surface area contributed by atoms with Crippen LogP contribution < -0.4 is 5.32 Å². The monoisotopic (exact) mass is 178 g/mol. The van der Waals surface area contributed by atoms with Crippen LogP contribution in [0.5, 0.6) is 0 Å². The number of anilines is 1. The Kier molecular flexibility index (Phi) is 3.01. The summed E-state index contributed by atoms with van der Waals surface area (Å²) in [6, 6.07) is 3.76. The normalized spacial score (nSPS) is 18.4. The molecule has 1 N–H and O–H groups in total. The molecule has 1 amide bonds. The Balaban J connectivity index is 0.000000396. The maximum Gasteiger partial charge on any atom is 0.232 e. The largest absolute Gasteiger partial charge is 0.310 e. The molecule has 0 saturated heterocycles. The molecule has 70 valence electrons. The lowest BCUT2D eigenvalue weighted by Crippen LogP contribution is -2.08. The Hall–Kier alpha value is -1.38. The predicted octanol–water partition coefficient (Wildman–Crippen LogP) is 2.16. The molecule has 3 heteroatoms. The molecule has 0 aromatic carbocycles. The summed E-state index contributed by atoms with van der Waals surface area (Å²) >= 11 is 0. The highest BCUT2D eigenvalue weighted by molar-refractivity contribution is 6.01. The number of rotatable bonds is 0. The zero-order valence-corrected chi connectivity index (χ0v) is 8.16. The molecule has 0 aliphatic carbocycles. The van der Waals surface area contributed by atoms with Gasteiger partial charge in [-0.3, -0.25) is 4.79 Å². The Labute approximate surface area is 78.2 Å². The Morgan fingerprint density at radius 2 is 2.15 bits per heavy atom. The van der Waals surface area contributed by atoms with Crippen LogP contribution in [0.15, 0.2) is 18.3 Å². The van der Waals surface area contributed by atoms with Crippen LogP contribution in [0.2, 0.25) is 0 Å². The van der Waals surface area contributed by atoms with Gasteiger partial charge in [-0.1, -0.05) is 19.9 Å². The summed E-state index contributed by atoms with van der Waals surface area (Å²) in [5.74, 6) is 0.711. The van der Waals surface area contributed by atoms with E-state index < -0.39 is 0 Å². The molecule has 0 fully saturated rings. The van der Waals surface area contributed by atoms with Crippen LogP contribution in [0.25, 0.3) is 0 Å². The van der Waals surface area contributed by atoms with E-state index in [0.29, 0.717) is 5.82 Å². The minimum absolute atomic E-state index is 0.0405. The van der Waals surface area contributed by atoms with Crippen LogP contribution in [0.3, 0.4) is 0 Å². The van der Waals surface area contributed by atoms with Crippen molar-refractivity contribution in [1.82, 2.24) is 4.98 Å². The van der Waals surface area contributed by atoms with E-state index in [1.807, 2.05) is 32.9 Å². The summed E-state index contributed by atoms with van der Waals surface area (Å²) < 4.78 is 0.